The van der Waals surface area contributed by atoms with Crippen molar-refractivity contribution in [2.45, 2.75) is 13.8 Å². The van der Waals surface area contributed by atoms with Crippen molar-refractivity contribution in [3.8, 4) is 10.4 Å². The summed E-state index contributed by atoms with van der Waals surface area (Å²) in [5.41, 5.74) is 1.20. The van der Waals surface area contributed by atoms with Gasteiger partial charge in [0.1, 0.15) is 5.82 Å². The highest BCUT2D eigenvalue weighted by Crippen LogP contribution is 2.31. The fraction of sp³-hybridized carbons (Fsp3) is 0.167. The van der Waals surface area contributed by atoms with Gasteiger partial charge >= 0.3 is 5.97 Å². The van der Waals surface area contributed by atoms with Crippen LogP contribution in [0.4, 0.5) is 4.39 Å². The maximum Gasteiger partial charge on any atom is 0.356 e. The van der Waals surface area contributed by atoms with Gasteiger partial charge in [0.25, 0.3) is 0 Å². The quantitative estimate of drug-likeness (QED) is 0.891. The molecule has 17 heavy (non-hydrogen) atoms. The molecule has 2 rings (SSSR count). The number of aromatic nitrogens is 1. The first-order valence-corrected chi connectivity index (χ1v) is 5.78. The molecular weight excluding hydrogens is 241 g/mol. The molecule has 0 saturated carbocycles. The number of rotatable bonds is 2. The Balaban J connectivity index is 2.59. The van der Waals surface area contributed by atoms with E-state index in [1.807, 2.05) is 0 Å². The molecule has 5 heteroatoms. The molecule has 88 valence electrons. The molecular formula is C12H10FNO2S. The summed E-state index contributed by atoms with van der Waals surface area (Å²) >= 11 is 1.30. The highest BCUT2D eigenvalue weighted by Gasteiger charge is 2.17. The Kier molecular flexibility index (Phi) is 2.93. The zero-order valence-corrected chi connectivity index (χ0v) is 10.1. The minimum atomic E-state index is -1.06. The van der Waals surface area contributed by atoms with Crippen LogP contribution >= 0.6 is 11.3 Å². The van der Waals surface area contributed by atoms with Crippen LogP contribution in [0.5, 0.6) is 0 Å². The smallest absolute Gasteiger partial charge is 0.356 e. The first-order valence-electron chi connectivity index (χ1n) is 4.96. The second-order valence-corrected chi connectivity index (χ2v) is 4.88. The number of hydrogen-bond acceptors (Lipinski definition) is 3. The van der Waals surface area contributed by atoms with Crippen LogP contribution in [-0.2, 0) is 0 Å². The Hall–Kier alpha value is -1.75. The van der Waals surface area contributed by atoms with E-state index in [0.29, 0.717) is 21.0 Å². The van der Waals surface area contributed by atoms with Gasteiger partial charge in [-0.15, -0.1) is 11.3 Å². The number of carboxylic acid groups (broad SMARTS) is 1. The molecule has 0 atom stereocenters. The van der Waals surface area contributed by atoms with Crippen molar-refractivity contribution in [1.82, 2.24) is 4.98 Å². The van der Waals surface area contributed by atoms with Gasteiger partial charge in [0.15, 0.2) is 5.69 Å². The van der Waals surface area contributed by atoms with Gasteiger partial charge in [-0.1, -0.05) is 6.07 Å². The maximum atomic E-state index is 13.2. The van der Waals surface area contributed by atoms with Crippen molar-refractivity contribution in [3.05, 3.63) is 40.3 Å². The topological polar surface area (TPSA) is 50.2 Å². The summed E-state index contributed by atoms with van der Waals surface area (Å²) in [4.78, 5) is 15.6. The molecule has 0 aliphatic heterocycles. The van der Waals surface area contributed by atoms with Crippen LogP contribution in [0.15, 0.2) is 18.2 Å². The summed E-state index contributed by atoms with van der Waals surface area (Å²) in [6, 6.07) is 4.54. The lowest BCUT2D eigenvalue weighted by atomic mass is 10.1. The molecule has 1 aromatic heterocycles. The van der Waals surface area contributed by atoms with Crippen molar-refractivity contribution >= 4 is 17.3 Å². The van der Waals surface area contributed by atoms with Gasteiger partial charge in [-0.25, -0.2) is 14.2 Å². The zero-order valence-electron chi connectivity index (χ0n) is 9.32. The predicted molar refractivity (Wildman–Crippen MR) is 63.9 cm³/mol. The third kappa shape index (κ3) is 2.19. The minimum Gasteiger partial charge on any atom is -0.476 e. The van der Waals surface area contributed by atoms with E-state index in [-0.39, 0.29) is 11.5 Å². The van der Waals surface area contributed by atoms with E-state index < -0.39 is 5.97 Å². The number of benzene rings is 1. The van der Waals surface area contributed by atoms with Gasteiger partial charge in [-0.3, -0.25) is 0 Å². The van der Waals surface area contributed by atoms with Crippen molar-refractivity contribution in [3.63, 3.8) is 0 Å². The summed E-state index contributed by atoms with van der Waals surface area (Å²) in [6.45, 7) is 3.39. The highest BCUT2D eigenvalue weighted by atomic mass is 32.1. The minimum absolute atomic E-state index is 0.0264. The van der Waals surface area contributed by atoms with Crippen LogP contribution in [0.25, 0.3) is 10.4 Å². The van der Waals surface area contributed by atoms with Crippen molar-refractivity contribution < 1.29 is 14.3 Å². The Morgan fingerprint density at radius 2 is 2.12 bits per heavy atom. The van der Waals surface area contributed by atoms with Crippen LogP contribution in [0.2, 0.25) is 0 Å². The zero-order chi connectivity index (χ0) is 12.6. The van der Waals surface area contributed by atoms with Crippen LogP contribution in [0, 0.1) is 19.7 Å². The van der Waals surface area contributed by atoms with E-state index in [1.54, 1.807) is 26.0 Å². The summed E-state index contributed by atoms with van der Waals surface area (Å²) in [7, 11) is 0. The molecule has 0 amide bonds. The molecule has 0 spiro atoms. The Morgan fingerprint density at radius 1 is 1.41 bits per heavy atom. The molecule has 0 aliphatic rings. The molecule has 0 unspecified atom stereocenters. The fourth-order valence-electron chi connectivity index (χ4n) is 1.55. The molecule has 1 heterocycles. The average Bonchev–Trinajstić information content (AvgIpc) is 2.64. The second kappa shape index (κ2) is 4.25. The summed E-state index contributed by atoms with van der Waals surface area (Å²) in [5, 5.41) is 9.71. The molecule has 1 aromatic carbocycles. The second-order valence-electron chi connectivity index (χ2n) is 3.68. The fourth-order valence-corrected chi connectivity index (χ4v) is 2.46. The average molecular weight is 251 g/mol. The van der Waals surface area contributed by atoms with Crippen molar-refractivity contribution in [2.24, 2.45) is 0 Å². The van der Waals surface area contributed by atoms with Crippen molar-refractivity contribution in [1.29, 1.82) is 0 Å². The number of thiazole rings is 1. The number of halogens is 1. The number of aromatic carboxylic acids is 1. The summed E-state index contributed by atoms with van der Waals surface area (Å²) < 4.78 is 13.2. The molecule has 1 N–H and O–H groups in total. The molecule has 0 radical (unpaired) electrons. The van der Waals surface area contributed by atoms with E-state index in [2.05, 4.69) is 4.98 Å². The van der Waals surface area contributed by atoms with E-state index in [0.717, 1.165) is 0 Å². The monoisotopic (exact) mass is 251 g/mol. The summed E-state index contributed by atoms with van der Waals surface area (Å²) in [5.74, 6) is -1.36. The lowest BCUT2D eigenvalue weighted by Gasteiger charge is -2.01. The number of nitrogens with zero attached hydrogens (tertiary/aromatic N) is 1. The SMILES string of the molecule is Cc1nc(C(=O)O)c(-c2ccc(F)c(C)c2)s1. The molecule has 0 saturated heterocycles. The molecule has 0 fully saturated rings. The Morgan fingerprint density at radius 3 is 2.71 bits per heavy atom. The molecule has 2 aromatic rings. The maximum absolute atomic E-state index is 13.2. The normalized spacial score (nSPS) is 10.5. The van der Waals surface area contributed by atoms with Crippen LogP contribution in [0.1, 0.15) is 21.1 Å². The van der Waals surface area contributed by atoms with E-state index >= 15 is 0 Å². The Bertz CT molecular complexity index is 592. The van der Waals surface area contributed by atoms with Crippen LogP contribution in [-0.4, -0.2) is 16.1 Å². The number of carbonyl (C=O) groups is 1. The van der Waals surface area contributed by atoms with Crippen LogP contribution < -0.4 is 0 Å². The first kappa shape index (κ1) is 11.7. The largest absolute Gasteiger partial charge is 0.476 e. The van der Waals surface area contributed by atoms with Gasteiger partial charge in [-0.2, -0.15) is 0 Å². The molecule has 0 bridgehead atoms. The third-order valence-electron chi connectivity index (χ3n) is 2.36. The van der Waals surface area contributed by atoms with Crippen LogP contribution in [0.3, 0.4) is 0 Å². The van der Waals surface area contributed by atoms with Gasteiger partial charge in [0.2, 0.25) is 0 Å². The lowest BCUT2D eigenvalue weighted by Crippen LogP contribution is -1.99. The predicted octanol–water partition coefficient (Wildman–Crippen LogP) is 3.26. The summed E-state index contributed by atoms with van der Waals surface area (Å²) in [6.07, 6.45) is 0. The molecule has 3 nitrogen and oxygen atoms in total. The van der Waals surface area contributed by atoms with E-state index in [9.17, 15) is 9.18 Å². The standard InChI is InChI=1S/C12H10FNO2S/c1-6-5-8(3-4-9(6)13)11-10(12(15)16)14-7(2)17-11/h3-5H,1-2H3,(H,15,16). The molecule has 0 aliphatic carbocycles. The highest BCUT2D eigenvalue weighted by molar-refractivity contribution is 7.15. The van der Waals surface area contributed by atoms with Crippen molar-refractivity contribution in [2.75, 3.05) is 0 Å². The third-order valence-corrected chi connectivity index (χ3v) is 3.38. The number of aryl methyl sites for hydroxylation is 2. The Labute approximate surface area is 102 Å². The van der Waals surface area contributed by atoms with Gasteiger partial charge in [0.05, 0.1) is 9.88 Å². The first-order chi connectivity index (χ1) is 7.99. The van der Waals surface area contributed by atoms with E-state index in [4.69, 9.17) is 5.11 Å². The van der Waals surface area contributed by atoms with Gasteiger partial charge in [0, 0.05) is 0 Å². The van der Waals surface area contributed by atoms with E-state index in [1.165, 1.54) is 17.4 Å². The lowest BCUT2D eigenvalue weighted by molar-refractivity contribution is 0.0692. The van der Waals surface area contributed by atoms with Gasteiger partial charge < -0.3 is 5.11 Å². The van der Waals surface area contributed by atoms with Gasteiger partial charge in [-0.05, 0) is 37.1 Å². The number of carboxylic acids is 1. The number of hydrogen-bond donors (Lipinski definition) is 1.